The van der Waals surface area contributed by atoms with Gasteiger partial charge in [-0.05, 0) is 17.9 Å². The zero-order chi connectivity index (χ0) is 18.9. The molecule has 1 fully saturated rings. The van der Waals surface area contributed by atoms with Crippen LogP contribution in [0, 0.1) is 11.2 Å². The highest BCUT2D eigenvalue weighted by atomic mass is 19.1. The minimum atomic E-state index is -0.556. The van der Waals surface area contributed by atoms with E-state index in [-0.39, 0.29) is 23.6 Å². The van der Waals surface area contributed by atoms with Gasteiger partial charge in [-0.25, -0.2) is 14.1 Å². The molecule has 1 N–H and O–H groups in total. The molecule has 1 amide bonds. The summed E-state index contributed by atoms with van der Waals surface area (Å²) in [5.74, 6) is 0.736. The van der Waals surface area contributed by atoms with Gasteiger partial charge in [-0.3, -0.25) is 4.79 Å². The lowest BCUT2D eigenvalue weighted by Gasteiger charge is -2.22. The van der Waals surface area contributed by atoms with E-state index in [9.17, 15) is 9.18 Å². The second-order valence-corrected chi connectivity index (χ2v) is 7.36. The van der Waals surface area contributed by atoms with E-state index in [4.69, 9.17) is 4.74 Å². The van der Waals surface area contributed by atoms with Crippen molar-refractivity contribution in [2.45, 2.75) is 38.6 Å². The third-order valence-electron chi connectivity index (χ3n) is 5.27. The Balaban J connectivity index is 2.10. The second kappa shape index (κ2) is 6.79. The molecule has 26 heavy (non-hydrogen) atoms. The van der Waals surface area contributed by atoms with Gasteiger partial charge in [0.25, 0.3) is 0 Å². The third kappa shape index (κ3) is 3.00. The molecule has 1 saturated carbocycles. The summed E-state index contributed by atoms with van der Waals surface area (Å²) in [6.07, 6.45) is 0.864. The fraction of sp³-hybridized carbons (Fsp3) is 0.526. The summed E-state index contributed by atoms with van der Waals surface area (Å²) in [4.78, 5) is 16.4. The Hall–Kier alpha value is -2.28. The fourth-order valence-corrected chi connectivity index (χ4v) is 3.73. The highest BCUT2D eigenvalue weighted by Gasteiger charge is 2.66. The lowest BCUT2D eigenvalue weighted by Crippen LogP contribution is -2.24. The number of ether oxygens (including phenoxy) is 1. The standard InChI is InChI=1S/C19H25FN4O2/c1-18(2)12-19(18,13-7-5-6-8-14(13)20)17-22-15(11-16(25)21-3)23-24(17)9-10-26-4/h5-8H,9-12H2,1-4H3,(H,21,25). The Morgan fingerprint density at radius 1 is 1.38 bits per heavy atom. The molecule has 0 saturated heterocycles. The van der Waals surface area contributed by atoms with Crippen molar-refractivity contribution >= 4 is 5.91 Å². The van der Waals surface area contributed by atoms with Crippen molar-refractivity contribution in [3.8, 4) is 0 Å². The number of aromatic nitrogens is 3. The molecule has 1 aliphatic rings. The van der Waals surface area contributed by atoms with Crippen LogP contribution in [0.15, 0.2) is 24.3 Å². The van der Waals surface area contributed by atoms with E-state index in [1.807, 2.05) is 12.1 Å². The van der Waals surface area contributed by atoms with Crippen molar-refractivity contribution in [3.63, 3.8) is 0 Å². The van der Waals surface area contributed by atoms with Crippen LogP contribution in [0.3, 0.4) is 0 Å². The van der Waals surface area contributed by atoms with Crippen LogP contribution in [0.25, 0.3) is 0 Å². The Labute approximate surface area is 152 Å². The maximum Gasteiger partial charge on any atom is 0.227 e. The maximum atomic E-state index is 14.7. The summed E-state index contributed by atoms with van der Waals surface area (Å²) in [6.45, 7) is 5.17. The molecule has 0 aliphatic heterocycles. The predicted octanol–water partition coefficient (Wildman–Crippen LogP) is 2.07. The zero-order valence-electron chi connectivity index (χ0n) is 15.7. The molecule has 1 aliphatic carbocycles. The number of carbonyl (C=O) groups is 1. The van der Waals surface area contributed by atoms with Crippen molar-refractivity contribution in [1.82, 2.24) is 20.1 Å². The van der Waals surface area contributed by atoms with Gasteiger partial charge < -0.3 is 10.1 Å². The second-order valence-electron chi connectivity index (χ2n) is 7.36. The smallest absolute Gasteiger partial charge is 0.227 e. The Morgan fingerprint density at radius 2 is 2.08 bits per heavy atom. The first-order valence-corrected chi connectivity index (χ1v) is 8.74. The summed E-state index contributed by atoms with van der Waals surface area (Å²) in [6, 6.07) is 6.83. The minimum absolute atomic E-state index is 0.0945. The van der Waals surface area contributed by atoms with Gasteiger partial charge in [0.15, 0.2) is 5.82 Å². The summed E-state index contributed by atoms with van der Waals surface area (Å²) in [5.41, 5.74) is -0.0836. The van der Waals surface area contributed by atoms with Crippen LogP contribution in [0.1, 0.15) is 37.5 Å². The van der Waals surface area contributed by atoms with Gasteiger partial charge in [-0.1, -0.05) is 32.0 Å². The Morgan fingerprint density at radius 3 is 2.65 bits per heavy atom. The lowest BCUT2D eigenvalue weighted by molar-refractivity contribution is -0.120. The summed E-state index contributed by atoms with van der Waals surface area (Å²) < 4.78 is 21.6. The summed E-state index contributed by atoms with van der Waals surface area (Å²) >= 11 is 0. The van der Waals surface area contributed by atoms with Crippen LogP contribution in [0.2, 0.25) is 0 Å². The zero-order valence-corrected chi connectivity index (χ0v) is 15.7. The Bertz CT molecular complexity index is 818. The van der Waals surface area contributed by atoms with Crippen LogP contribution in [-0.4, -0.2) is 41.4 Å². The van der Waals surface area contributed by atoms with Crippen LogP contribution in [0.5, 0.6) is 0 Å². The summed E-state index contributed by atoms with van der Waals surface area (Å²) in [7, 11) is 3.20. The highest BCUT2D eigenvalue weighted by molar-refractivity contribution is 5.77. The number of hydrogen-bond acceptors (Lipinski definition) is 4. The van der Waals surface area contributed by atoms with E-state index in [0.29, 0.717) is 30.4 Å². The van der Waals surface area contributed by atoms with Crippen LogP contribution in [-0.2, 0) is 27.9 Å². The van der Waals surface area contributed by atoms with Crippen molar-refractivity contribution in [2.75, 3.05) is 20.8 Å². The molecule has 1 heterocycles. The topological polar surface area (TPSA) is 69.0 Å². The highest BCUT2D eigenvalue weighted by Crippen LogP contribution is 2.67. The van der Waals surface area contributed by atoms with Gasteiger partial charge in [0.1, 0.15) is 11.6 Å². The SMILES string of the molecule is CNC(=O)Cc1nc(C2(c3ccccc3F)CC2(C)C)n(CCOC)n1. The number of halogens is 1. The van der Waals surface area contributed by atoms with Gasteiger partial charge in [-0.2, -0.15) is 5.10 Å². The molecule has 2 aromatic rings. The molecular weight excluding hydrogens is 335 g/mol. The number of likely N-dealkylation sites (N-methyl/N-ethyl adjacent to an activating group) is 1. The number of methoxy groups -OCH3 is 1. The predicted molar refractivity (Wildman–Crippen MR) is 95.2 cm³/mol. The number of rotatable bonds is 7. The van der Waals surface area contributed by atoms with Crippen molar-refractivity contribution in [1.29, 1.82) is 0 Å². The maximum absolute atomic E-state index is 14.7. The van der Waals surface area contributed by atoms with E-state index in [0.717, 1.165) is 6.42 Å². The van der Waals surface area contributed by atoms with Crippen molar-refractivity contribution in [3.05, 3.63) is 47.3 Å². The van der Waals surface area contributed by atoms with Gasteiger partial charge in [0.2, 0.25) is 5.91 Å². The molecule has 6 nitrogen and oxygen atoms in total. The first-order chi connectivity index (χ1) is 12.4. The molecular formula is C19H25FN4O2. The molecule has 1 unspecified atom stereocenters. The molecule has 1 aromatic carbocycles. The molecule has 0 radical (unpaired) electrons. The van der Waals surface area contributed by atoms with Gasteiger partial charge in [0.05, 0.1) is 25.0 Å². The van der Waals surface area contributed by atoms with Crippen LogP contribution < -0.4 is 5.32 Å². The molecule has 1 aromatic heterocycles. The van der Waals surface area contributed by atoms with E-state index in [1.165, 1.54) is 6.07 Å². The van der Waals surface area contributed by atoms with Crippen LogP contribution in [0.4, 0.5) is 4.39 Å². The lowest BCUT2D eigenvalue weighted by atomic mass is 9.86. The van der Waals surface area contributed by atoms with Crippen LogP contribution >= 0.6 is 0 Å². The average Bonchev–Trinajstić information content (AvgIpc) is 2.98. The molecule has 1 atom stereocenters. The summed E-state index contributed by atoms with van der Waals surface area (Å²) in [5, 5.41) is 7.09. The van der Waals surface area contributed by atoms with Gasteiger partial charge >= 0.3 is 0 Å². The number of benzene rings is 1. The number of carbonyl (C=O) groups excluding carboxylic acids is 1. The van der Waals surface area contributed by atoms with E-state index >= 15 is 0 Å². The average molecular weight is 360 g/mol. The molecule has 7 heteroatoms. The number of hydrogen-bond donors (Lipinski definition) is 1. The van der Waals surface area contributed by atoms with Gasteiger partial charge in [-0.15, -0.1) is 0 Å². The fourth-order valence-electron chi connectivity index (χ4n) is 3.73. The molecule has 0 bridgehead atoms. The molecule has 3 rings (SSSR count). The third-order valence-corrected chi connectivity index (χ3v) is 5.27. The minimum Gasteiger partial charge on any atom is -0.383 e. The molecule has 0 spiro atoms. The normalized spacial score (nSPS) is 20.8. The largest absolute Gasteiger partial charge is 0.383 e. The quantitative estimate of drug-likeness (QED) is 0.821. The van der Waals surface area contributed by atoms with Crippen molar-refractivity contribution in [2.24, 2.45) is 5.41 Å². The van der Waals surface area contributed by atoms with Crippen molar-refractivity contribution < 1.29 is 13.9 Å². The number of nitrogens with one attached hydrogen (secondary N) is 1. The van der Waals surface area contributed by atoms with Gasteiger partial charge in [0, 0.05) is 19.7 Å². The number of amides is 1. The first kappa shape index (κ1) is 18.5. The molecule has 140 valence electrons. The van der Waals surface area contributed by atoms with E-state index in [1.54, 1.807) is 24.9 Å². The monoisotopic (exact) mass is 360 g/mol. The first-order valence-electron chi connectivity index (χ1n) is 8.74. The Kier molecular flexibility index (Phi) is 4.84. The van der Waals surface area contributed by atoms with E-state index < -0.39 is 5.41 Å². The van der Waals surface area contributed by atoms with E-state index in [2.05, 4.69) is 29.2 Å². The number of nitrogens with zero attached hydrogens (tertiary/aromatic N) is 3.